The van der Waals surface area contributed by atoms with Crippen molar-refractivity contribution in [3.8, 4) is 0 Å². The van der Waals surface area contributed by atoms with Crippen LogP contribution in [0, 0.1) is 6.92 Å². The zero-order valence-corrected chi connectivity index (χ0v) is 10.9. The lowest BCUT2D eigenvalue weighted by molar-refractivity contribution is 0.218. The molecule has 0 aliphatic carbocycles. The molecule has 2 rings (SSSR count). The van der Waals surface area contributed by atoms with Gasteiger partial charge in [0.25, 0.3) is 0 Å². The van der Waals surface area contributed by atoms with Crippen molar-refractivity contribution >= 4 is 11.6 Å². The minimum atomic E-state index is 0.327. The maximum atomic E-state index is 6.19. The van der Waals surface area contributed by atoms with Gasteiger partial charge in [-0.15, -0.1) is 11.6 Å². The van der Waals surface area contributed by atoms with Crippen molar-refractivity contribution in [1.29, 1.82) is 0 Å². The molecule has 3 nitrogen and oxygen atoms in total. The smallest absolute Gasteiger partial charge is 0.0597 e. The minimum Gasteiger partial charge on any atom is -0.296 e. The summed E-state index contributed by atoms with van der Waals surface area (Å²) < 4.78 is 2.09. The van der Waals surface area contributed by atoms with E-state index >= 15 is 0 Å². The molecule has 1 unspecified atom stereocenters. The van der Waals surface area contributed by atoms with E-state index in [0.717, 1.165) is 38.3 Å². The lowest BCUT2D eigenvalue weighted by Crippen LogP contribution is -2.35. The topological polar surface area (TPSA) is 21.1 Å². The Morgan fingerprint density at radius 2 is 2.38 bits per heavy atom. The Kier molecular flexibility index (Phi) is 3.87. The summed E-state index contributed by atoms with van der Waals surface area (Å²) in [4.78, 5) is 2.43. The fourth-order valence-corrected chi connectivity index (χ4v) is 2.72. The van der Waals surface area contributed by atoms with Crippen molar-refractivity contribution in [2.75, 3.05) is 13.1 Å². The van der Waals surface area contributed by atoms with E-state index in [1.807, 2.05) is 0 Å². The summed E-state index contributed by atoms with van der Waals surface area (Å²) in [5.74, 6) is 0. The van der Waals surface area contributed by atoms with Gasteiger partial charge in [0.15, 0.2) is 0 Å². The van der Waals surface area contributed by atoms with E-state index in [-0.39, 0.29) is 0 Å². The van der Waals surface area contributed by atoms with Gasteiger partial charge in [0.05, 0.1) is 11.4 Å². The number of rotatable bonds is 3. The lowest BCUT2D eigenvalue weighted by atomic mass is 10.1. The molecule has 0 radical (unpaired) electrons. The van der Waals surface area contributed by atoms with Crippen LogP contribution in [0.4, 0.5) is 0 Å². The van der Waals surface area contributed by atoms with Crippen LogP contribution in [0.3, 0.4) is 0 Å². The van der Waals surface area contributed by atoms with Gasteiger partial charge < -0.3 is 0 Å². The second-order valence-corrected chi connectivity index (χ2v) is 5.18. The van der Waals surface area contributed by atoms with Gasteiger partial charge in [0.1, 0.15) is 0 Å². The number of hydrogen-bond donors (Lipinski definition) is 0. The highest BCUT2D eigenvalue weighted by Gasteiger charge is 2.19. The molecule has 1 aliphatic rings. The fraction of sp³-hybridized carbons (Fsp3) is 0.750. The van der Waals surface area contributed by atoms with Crippen LogP contribution in [0.1, 0.15) is 31.2 Å². The first-order valence-electron chi connectivity index (χ1n) is 6.08. The summed E-state index contributed by atoms with van der Waals surface area (Å²) >= 11 is 6.19. The van der Waals surface area contributed by atoms with Gasteiger partial charge >= 0.3 is 0 Å². The number of nitrogens with zero attached hydrogens (tertiary/aromatic N) is 3. The normalized spacial score (nSPS) is 22.6. The molecule has 0 bridgehead atoms. The Morgan fingerprint density at radius 3 is 3.06 bits per heavy atom. The molecule has 4 heteroatoms. The molecule has 16 heavy (non-hydrogen) atoms. The van der Waals surface area contributed by atoms with Crippen LogP contribution < -0.4 is 0 Å². The predicted octanol–water partition coefficient (Wildman–Crippen LogP) is 2.41. The van der Waals surface area contributed by atoms with E-state index in [1.165, 1.54) is 12.1 Å². The molecule has 0 spiro atoms. The second-order valence-electron chi connectivity index (χ2n) is 4.57. The number of halogens is 1. The molecule has 0 amide bonds. The number of alkyl halides is 1. The third-order valence-electron chi connectivity index (χ3n) is 3.12. The number of aromatic nitrogens is 2. The maximum Gasteiger partial charge on any atom is 0.0597 e. The van der Waals surface area contributed by atoms with E-state index in [0.29, 0.717) is 5.38 Å². The van der Waals surface area contributed by atoms with Crippen molar-refractivity contribution in [3.63, 3.8) is 0 Å². The van der Waals surface area contributed by atoms with Gasteiger partial charge in [-0.2, -0.15) is 5.10 Å². The zero-order valence-electron chi connectivity index (χ0n) is 10.1. The fourth-order valence-electron chi connectivity index (χ4n) is 2.37. The monoisotopic (exact) mass is 241 g/mol. The number of aryl methyl sites for hydroxylation is 2. The average molecular weight is 242 g/mol. The zero-order chi connectivity index (χ0) is 11.5. The Morgan fingerprint density at radius 1 is 1.56 bits per heavy atom. The molecular weight excluding hydrogens is 222 g/mol. The van der Waals surface area contributed by atoms with Crippen LogP contribution in [0.15, 0.2) is 6.07 Å². The van der Waals surface area contributed by atoms with Gasteiger partial charge in [0.2, 0.25) is 0 Å². The van der Waals surface area contributed by atoms with Crippen LogP contribution in [0.25, 0.3) is 0 Å². The largest absolute Gasteiger partial charge is 0.296 e. The first-order chi connectivity index (χ1) is 7.69. The molecule has 0 saturated carbocycles. The Labute approximate surface area is 102 Å². The summed E-state index contributed by atoms with van der Waals surface area (Å²) in [5.41, 5.74) is 2.42. The molecule has 1 atom stereocenters. The second kappa shape index (κ2) is 5.19. The van der Waals surface area contributed by atoms with Crippen molar-refractivity contribution < 1.29 is 0 Å². The van der Waals surface area contributed by atoms with Gasteiger partial charge in [-0.1, -0.05) is 0 Å². The molecule has 0 N–H and O–H groups in total. The number of hydrogen-bond acceptors (Lipinski definition) is 2. The van der Waals surface area contributed by atoms with Gasteiger partial charge in [-0.25, -0.2) is 0 Å². The molecule has 1 fully saturated rings. The van der Waals surface area contributed by atoms with Crippen molar-refractivity contribution in [3.05, 3.63) is 17.5 Å². The van der Waals surface area contributed by atoms with E-state index < -0.39 is 0 Å². The Balaban J connectivity index is 2.02. The first kappa shape index (κ1) is 11.9. The SMILES string of the molecule is CCn1nc(C)cc1CN1CCCC(Cl)C1. The first-order valence-corrected chi connectivity index (χ1v) is 6.52. The van der Waals surface area contributed by atoms with E-state index in [1.54, 1.807) is 0 Å². The highest BCUT2D eigenvalue weighted by atomic mass is 35.5. The van der Waals surface area contributed by atoms with Crippen molar-refractivity contribution in [2.45, 2.75) is 45.2 Å². The standard InChI is InChI=1S/C12H20ClN3/c1-3-16-12(7-10(2)14-16)9-15-6-4-5-11(13)8-15/h7,11H,3-6,8-9H2,1-2H3. The van der Waals surface area contributed by atoms with Crippen LogP contribution in [0.2, 0.25) is 0 Å². The molecule has 1 aromatic heterocycles. The van der Waals surface area contributed by atoms with E-state index in [9.17, 15) is 0 Å². The van der Waals surface area contributed by atoms with Gasteiger partial charge in [-0.05, 0) is 39.3 Å². The minimum absolute atomic E-state index is 0.327. The van der Waals surface area contributed by atoms with Crippen LogP contribution >= 0.6 is 11.6 Å². The number of likely N-dealkylation sites (tertiary alicyclic amines) is 1. The molecular formula is C12H20ClN3. The summed E-state index contributed by atoms with van der Waals surface area (Å²) in [6.45, 7) is 8.29. The van der Waals surface area contributed by atoms with Gasteiger partial charge in [0, 0.05) is 25.0 Å². The molecule has 2 heterocycles. The number of piperidine rings is 1. The maximum absolute atomic E-state index is 6.19. The molecule has 1 aromatic rings. The third kappa shape index (κ3) is 2.77. The highest BCUT2D eigenvalue weighted by molar-refractivity contribution is 6.20. The van der Waals surface area contributed by atoms with Gasteiger partial charge in [-0.3, -0.25) is 9.58 Å². The highest BCUT2D eigenvalue weighted by Crippen LogP contribution is 2.17. The Hall–Kier alpha value is -0.540. The summed E-state index contributed by atoms with van der Waals surface area (Å²) in [6.07, 6.45) is 2.37. The van der Waals surface area contributed by atoms with Crippen LogP contribution in [-0.4, -0.2) is 33.1 Å². The molecule has 1 saturated heterocycles. The quantitative estimate of drug-likeness (QED) is 0.758. The third-order valence-corrected chi connectivity index (χ3v) is 3.47. The predicted molar refractivity (Wildman–Crippen MR) is 66.8 cm³/mol. The van der Waals surface area contributed by atoms with E-state index in [2.05, 4.69) is 34.6 Å². The summed E-state index contributed by atoms with van der Waals surface area (Å²) in [7, 11) is 0. The molecule has 1 aliphatic heterocycles. The molecule has 0 aromatic carbocycles. The van der Waals surface area contributed by atoms with Crippen LogP contribution in [-0.2, 0) is 13.1 Å². The van der Waals surface area contributed by atoms with Crippen LogP contribution in [0.5, 0.6) is 0 Å². The summed E-state index contributed by atoms with van der Waals surface area (Å²) in [6, 6.07) is 2.18. The lowest BCUT2D eigenvalue weighted by Gasteiger charge is -2.29. The average Bonchev–Trinajstić information content (AvgIpc) is 2.59. The Bertz CT molecular complexity index is 348. The van der Waals surface area contributed by atoms with Crippen molar-refractivity contribution in [1.82, 2.24) is 14.7 Å². The van der Waals surface area contributed by atoms with E-state index in [4.69, 9.17) is 11.6 Å². The summed E-state index contributed by atoms with van der Waals surface area (Å²) in [5, 5.41) is 4.80. The molecule has 90 valence electrons. The van der Waals surface area contributed by atoms with Crippen molar-refractivity contribution in [2.24, 2.45) is 0 Å².